The standard InChI is InChI=1S/C15H21ClFN/c1-2-10-18-15(11-6-7-11)9-8-12-13(16)4-3-5-14(12)17/h3-5,11,15,18H,2,6-10H2,1H3. The first kappa shape index (κ1) is 13.8. The van der Waals surface area contributed by atoms with Gasteiger partial charge in [0.25, 0.3) is 0 Å². The zero-order valence-corrected chi connectivity index (χ0v) is 11.6. The van der Waals surface area contributed by atoms with E-state index < -0.39 is 0 Å². The van der Waals surface area contributed by atoms with Crippen molar-refractivity contribution in [1.29, 1.82) is 0 Å². The van der Waals surface area contributed by atoms with Gasteiger partial charge in [-0.1, -0.05) is 24.6 Å². The van der Waals surface area contributed by atoms with Crippen molar-refractivity contribution in [3.8, 4) is 0 Å². The second-order valence-corrected chi connectivity index (χ2v) is 5.54. The molecule has 0 heterocycles. The van der Waals surface area contributed by atoms with Crippen LogP contribution >= 0.6 is 11.6 Å². The Labute approximate surface area is 114 Å². The maximum Gasteiger partial charge on any atom is 0.127 e. The summed E-state index contributed by atoms with van der Waals surface area (Å²) in [5, 5.41) is 4.13. The van der Waals surface area contributed by atoms with Crippen molar-refractivity contribution < 1.29 is 4.39 Å². The quantitative estimate of drug-likeness (QED) is 0.783. The minimum atomic E-state index is -0.174. The van der Waals surface area contributed by atoms with E-state index in [0.29, 0.717) is 16.6 Å². The molecule has 100 valence electrons. The molecule has 2 rings (SSSR count). The van der Waals surface area contributed by atoms with Gasteiger partial charge in [-0.05, 0) is 56.7 Å². The van der Waals surface area contributed by atoms with E-state index >= 15 is 0 Å². The van der Waals surface area contributed by atoms with Gasteiger partial charge in [-0.2, -0.15) is 0 Å². The van der Waals surface area contributed by atoms with Gasteiger partial charge in [0.1, 0.15) is 5.82 Å². The molecule has 1 N–H and O–H groups in total. The van der Waals surface area contributed by atoms with Gasteiger partial charge in [0, 0.05) is 16.6 Å². The van der Waals surface area contributed by atoms with Gasteiger partial charge in [0.05, 0.1) is 0 Å². The van der Waals surface area contributed by atoms with Crippen LogP contribution in [0.25, 0.3) is 0 Å². The third-order valence-corrected chi connectivity index (χ3v) is 3.97. The Kier molecular flexibility index (Phi) is 5.02. The normalized spacial score (nSPS) is 16.8. The van der Waals surface area contributed by atoms with Crippen LogP contribution in [0, 0.1) is 11.7 Å². The Morgan fingerprint density at radius 2 is 2.22 bits per heavy atom. The lowest BCUT2D eigenvalue weighted by Gasteiger charge is -2.18. The van der Waals surface area contributed by atoms with Crippen LogP contribution in [-0.2, 0) is 6.42 Å². The van der Waals surface area contributed by atoms with Gasteiger partial charge in [0.2, 0.25) is 0 Å². The molecule has 1 aliphatic rings. The molecule has 0 aliphatic heterocycles. The molecule has 1 aliphatic carbocycles. The van der Waals surface area contributed by atoms with Crippen molar-refractivity contribution in [3.05, 3.63) is 34.6 Å². The molecule has 1 fully saturated rings. The molecule has 1 saturated carbocycles. The SMILES string of the molecule is CCCNC(CCc1c(F)cccc1Cl)C1CC1. The molecule has 1 aromatic rings. The molecule has 0 amide bonds. The highest BCUT2D eigenvalue weighted by molar-refractivity contribution is 6.31. The van der Waals surface area contributed by atoms with Crippen LogP contribution < -0.4 is 5.32 Å². The summed E-state index contributed by atoms with van der Waals surface area (Å²) in [5.74, 6) is 0.620. The molecule has 0 bridgehead atoms. The smallest absolute Gasteiger partial charge is 0.127 e. The minimum absolute atomic E-state index is 0.174. The maximum absolute atomic E-state index is 13.7. The molecule has 0 spiro atoms. The highest BCUT2D eigenvalue weighted by atomic mass is 35.5. The van der Waals surface area contributed by atoms with E-state index in [4.69, 9.17) is 11.6 Å². The molecule has 1 aromatic carbocycles. The second-order valence-electron chi connectivity index (χ2n) is 5.14. The number of hydrogen-bond acceptors (Lipinski definition) is 1. The van der Waals surface area contributed by atoms with Crippen LogP contribution in [0.15, 0.2) is 18.2 Å². The topological polar surface area (TPSA) is 12.0 Å². The number of halogens is 2. The number of rotatable bonds is 7. The Morgan fingerprint density at radius 1 is 1.44 bits per heavy atom. The average molecular weight is 270 g/mol. The van der Waals surface area contributed by atoms with Crippen LogP contribution in [0.5, 0.6) is 0 Å². The first-order valence-corrected chi connectivity index (χ1v) is 7.26. The molecule has 1 nitrogen and oxygen atoms in total. The van der Waals surface area contributed by atoms with Crippen molar-refractivity contribution in [2.45, 2.75) is 45.1 Å². The lowest BCUT2D eigenvalue weighted by Crippen LogP contribution is -2.32. The van der Waals surface area contributed by atoms with Crippen molar-refractivity contribution in [2.24, 2.45) is 5.92 Å². The molecule has 18 heavy (non-hydrogen) atoms. The predicted molar refractivity (Wildman–Crippen MR) is 74.5 cm³/mol. The second kappa shape index (κ2) is 6.53. The lowest BCUT2D eigenvalue weighted by atomic mass is 10.0. The molecule has 0 saturated heterocycles. The van der Waals surface area contributed by atoms with Gasteiger partial charge < -0.3 is 5.32 Å². The fraction of sp³-hybridized carbons (Fsp3) is 0.600. The fourth-order valence-electron chi connectivity index (χ4n) is 2.40. The molecular weight excluding hydrogens is 249 g/mol. The van der Waals surface area contributed by atoms with Crippen LogP contribution in [0.3, 0.4) is 0 Å². The zero-order chi connectivity index (χ0) is 13.0. The highest BCUT2D eigenvalue weighted by Crippen LogP contribution is 2.35. The first-order chi connectivity index (χ1) is 8.72. The van der Waals surface area contributed by atoms with Crippen LogP contribution in [0.2, 0.25) is 5.02 Å². The summed E-state index contributed by atoms with van der Waals surface area (Å²) in [4.78, 5) is 0. The number of hydrogen-bond donors (Lipinski definition) is 1. The number of benzene rings is 1. The summed E-state index contributed by atoms with van der Waals surface area (Å²) in [6.45, 7) is 3.22. The number of nitrogens with one attached hydrogen (secondary N) is 1. The van der Waals surface area contributed by atoms with E-state index in [9.17, 15) is 4.39 Å². The molecule has 3 heteroatoms. The van der Waals surface area contributed by atoms with Crippen molar-refractivity contribution >= 4 is 11.6 Å². The summed E-state index contributed by atoms with van der Waals surface area (Å²) < 4.78 is 13.7. The molecule has 1 atom stereocenters. The Hall–Kier alpha value is -0.600. The van der Waals surface area contributed by atoms with Crippen LogP contribution in [0.4, 0.5) is 4.39 Å². The van der Waals surface area contributed by atoms with E-state index in [0.717, 1.165) is 31.7 Å². The predicted octanol–water partition coefficient (Wildman–Crippen LogP) is 4.19. The van der Waals surface area contributed by atoms with E-state index in [1.54, 1.807) is 12.1 Å². The summed E-state index contributed by atoms with van der Waals surface area (Å²) in [6, 6.07) is 5.45. The summed E-state index contributed by atoms with van der Waals surface area (Å²) >= 11 is 6.05. The van der Waals surface area contributed by atoms with E-state index in [2.05, 4.69) is 12.2 Å². The summed E-state index contributed by atoms with van der Waals surface area (Å²) in [7, 11) is 0. The van der Waals surface area contributed by atoms with Crippen LogP contribution in [-0.4, -0.2) is 12.6 Å². The third-order valence-electron chi connectivity index (χ3n) is 3.61. The molecule has 0 aromatic heterocycles. The minimum Gasteiger partial charge on any atom is -0.314 e. The monoisotopic (exact) mass is 269 g/mol. The van der Waals surface area contributed by atoms with E-state index in [1.807, 2.05) is 0 Å². The van der Waals surface area contributed by atoms with Gasteiger partial charge in [-0.3, -0.25) is 0 Å². The molecular formula is C15H21ClFN. The Bertz CT molecular complexity index is 370. The largest absolute Gasteiger partial charge is 0.314 e. The first-order valence-electron chi connectivity index (χ1n) is 6.88. The fourth-order valence-corrected chi connectivity index (χ4v) is 2.66. The highest BCUT2D eigenvalue weighted by Gasteiger charge is 2.30. The average Bonchev–Trinajstić information content (AvgIpc) is 3.16. The summed E-state index contributed by atoms with van der Waals surface area (Å²) in [5.41, 5.74) is 0.670. The molecule has 1 unspecified atom stereocenters. The van der Waals surface area contributed by atoms with E-state index in [-0.39, 0.29) is 5.82 Å². The van der Waals surface area contributed by atoms with Gasteiger partial charge in [-0.15, -0.1) is 0 Å². The summed E-state index contributed by atoms with van der Waals surface area (Å²) in [6.07, 6.45) is 5.47. The van der Waals surface area contributed by atoms with Crippen molar-refractivity contribution in [3.63, 3.8) is 0 Å². The van der Waals surface area contributed by atoms with Crippen LogP contribution in [0.1, 0.15) is 38.2 Å². The van der Waals surface area contributed by atoms with E-state index in [1.165, 1.54) is 18.9 Å². The van der Waals surface area contributed by atoms with Gasteiger partial charge in [0.15, 0.2) is 0 Å². The maximum atomic E-state index is 13.7. The Morgan fingerprint density at radius 3 is 2.83 bits per heavy atom. The Balaban J connectivity index is 1.92. The third kappa shape index (κ3) is 3.69. The lowest BCUT2D eigenvalue weighted by molar-refractivity contribution is 0.432. The zero-order valence-electron chi connectivity index (χ0n) is 10.9. The van der Waals surface area contributed by atoms with Crippen molar-refractivity contribution in [2.75, 3.05) is 6.54 Å². The molecule has 0 radical (unpaired) electrons. The van der Waals surface area contributed by atoms with Crippen molar-refractivity contribution in [1.82, 2.24) is 5.32 Å². The van der Waals surface area contributed by atoms with Gasteiger partial charge >= 0.3 is 0 Å². The van der Waals surface area contributed by atoms with Gasteiger partial charge in [-0.25, -0.2) is 4.39 Å².